The van der Waals surface area contributed by atoms with E-state index in [1.54, 1.807) is 0 Å². The van der Waals surface area contributed by atoms with Crippen LogP contribution in [0, 0.1) is 0 Å². The number of fused-ring (bicyclic) bond motifs is 4. The number of hydrogen-bond donors (Lipinski definition) is 0. The molecule has 5 nitrogen and oxygen atoms in total. The van der Waals surface area contributed by atoms with Gasteiger partial charge in [0.15, 0.2) is 17.5 Å². The average Bonchev–Trinajstić information content (AvgIpc) is 3.14. The third kappa shape index (κ3) is 4.82. The topological polar surface area (TPSA) is 51.1 Å². The van der Waals surface area contributed by atoms with Crippen molar-refractivity contribution >= 4 is 47.3 Å². The SMILES string of the molecule is C[Si]1(C)c2cc(-c3nc(-c4ccccc4)nc(-c4ccccc4)n3)ccc2Oc2ccc(N3c4ccccc4Sc4ccccc43)cc21. The summed E-state index contributed by atoms with van der Waals surface area (Å²) >= 11 is 1.82. The zero-order chi connectivity index (χ0) is 32.2. The standard InChI is InChI=1S/C41H30N4OSSi/c1-48(2)37-25-29(41-43-39(27-13-5-3-6-14-27)42-40(44-41)28-15-7-4-8-16-28)21-23-33(37)46-34-24-22-30(26-38(34)48)45-31-17-9-11-19-35(31)47-36-20-12-10-18-32(36)45/h3-26H,1-2H3. The van der Waals surface area contributed by atoms with Gasteiger partial charge in [0, 0.05) is 32.2 Å². The molecule has 0 radical (unpaired) electrons. The molecule has 0 amide bonds. The van der Waals surface area contributed by atoms with Gasteiger partial charge in [0.25, 0.3) is 0 Å². The minimum atomic E-state index is -2.26. The van der Waals surface area contributed by atoms with Crippen LogP contribution in [-0.4, -0.2) is 23.0 Å². The minimum absolute atomic E-state index is 0.647. The molecule has 0 unspecified atom stereocenters. The molecule has 0 atom stereocenters. The first kappa shape index (κ1) is 28.7. The maximum atomic E-state index is 6.63. The summed E-state index contributed by atoms with van der Waals surface area (Å²) in [5.74, 6) is 3.79. The molecular weight excluding hydrogens is 625 g/mol. The van der Waals surface area contributed by atoms with Crippen molar-refractivity contribution < 1.29 is 4.74 Å². The van der Waals surface area contributed by atoms with Gasteiger partial charge < -0.3 is 9.64 Å². The number of ether oxygens (including phenoxy) is 1. The van der Waals surface area contributed by atoms with Crippen molar-refractivity contribution in [2.75, 3.05) is 4.90 Å². The molecule has 230 valence electrons. The maximum absolute atomic E-state index is 6.63. The molecule has 0 saturated heterocycles. The van der Waals surface area contributed by atoms with Gasteiger partial charge in [-0.25, -0.2) is 15.0 Å². The zero-order valence-electron chi connectivity index (χ0n) is 26.5. The van der Waals surface area contributed by atoms with Crippen LogP contribution in [0.5, 0.6) is 11.5 Å². The molecule has 1 aromatic heterocycles. The molecule has 7 heteroatoms. The summed E-state index contributed by atoms with van der Waals surface area (Å²) in [5, 5.41) is 2.49. The van der Waals surface area contributed by atoms with Gasteiger partial charge in [-0.05, 0) is 71.0 Å². The third-order valence-corrected chi connectivity index (χ3v) is 13.8. The molecule has 2 aliphatic rings. The summed E-state index contributed by atoms with van der Waals surface area (Å²) in [5.41, 5.74) is 6.38. The molecule has 48 heavy (non-hydrogen) atoms. The molecule has 0 bridgehead atoms. The summed E-state index contributed by atoms with van der Waals surface area (Å²) in [7, 11) is -2.26. The van der Waals surface area contributed by atoms with Crippen molar-refractivity contribution in [2.45, 2.75) is 22.9 Å². The number of nitrogens with zero attached hydrogens (tertiary/aromatic N) is 4. The van der Waals surface area contributed by atoms with E-state index >= 15 is 0 Å². The summed E-state index contributed by atoms with van der Waals surface area (Å²) in [6.07, 6.45) is 0. The van der Waals surface area contributed by atoms with E-state index in [9.17, 15) is 0 Å². The Morgan fingerprint density at radius 3 is 1.56 bits per heavy atom. The minimum Gasteiger partial charge on any atom is -0.458 e. The van der Waals surface area contributed by atoms with Crippen LogP contribution >= 0.6 is 11.8 Å². The highest BCUT2D eigenvalue weighted by Gasteiger charge is 2.38. The molecule has 9 rings (SSSR count). The lowest BCUT2D eigenvalue weighted by molar-refractivity contribution is 0.487. The molecule has 0 saturated carbocycles. The Hall–Kier alpha value is -5.50. The average molecular weight is 655 g/mol. The normalized spacial score (nSPS) is 13.8. The lowest BCUT2D eigenvalue weighted by Crippen LogP contribution is -2.56. The van der Waals surface area contributed by atoms with Crippen molar-refractivity contribution in [1.29, 1.82) is 0 Å². The number of aromatic nitrogens is 3. The first-order valence-electron chi connectivity index (χ1n) is 16.0. The largest absolute Gasteiger partial charge is 0.458 e. The van der Waals surface area contributed by atoms with Crippen molar-refractivity contribution in [2.24, 2.45) is 0 Å². The summed E-state index contributed by atoms with van der Waals surface area (Å²) in [6.45, 7) is 4.82. The van der Waals surface area contributed by atoms with Crippen molar-refractivity contribution in [3.8, 4) is 45.7 Å². The van der Waals surface area contributed by atoms with Crippen LogP contribution in [-0.2, 0) is 0 Å². The first-order chi connectivity index (χ1) is 23.5. The Morgan fingerprint density at radius 2 is 0.979 bits per heavy atom. The second-order valence-electron chi connectivity index (χ2n) is 12.5. The van der Waals surface area contributed by atoms with Gasteiger partial charge in [-0.2, -0.15) is 0 Å². The summed E-state index contributed by atoms with van der Waals surface area (Å²) in [6, 6.07) is 50.6. The quantitative estimate of drug-likeness (QED) is 0.176. The Morgan fingerprint density at radius 1 is 0.500 bits per heavy atom. The van der Waals surface area contributed by atoms with Crippen LogP contribution in [0.15, 0.2) is 155 Å². The van der Waals surface area contributed by atoms with Crippen LogP contribution < -0.4 is 20.0 Å². The second-order valence-corrected chi connectivity index (χ2v) is 17.9. The molecule has 0 fully saturated rings. The van der Waals surface area contributed by atoms with Gasteiger partial charge in [0.05, 0.1) is 11.4 Å². The van der Waals surface area contributed by atoms with Gasteiger partial charge in [-0.15, -0.1) is 0 Å². The third-order valence-electron chi connectivity index (χ3n) is 9.16. The number of hydrogen-bond acceptors (Lipinski definition) is 6. The fourth-order valence-corrected chi connectivity index (χ4v) is 10.5. The lowest BCUT2D eigenvalue weighted by atomic mass is 10.1. The fraction of sp³-hybridized carbons (Fsp3) is 0.0488. The van der Waals surface area contributed by atoms with E-state index < -0.39 is 8.07 Å². The molecule has 7 aromatic rings. The number of rotatable bonds is 4. The monoisotopic (exact) mass is 654 g/mol. The lowest BCUT2D eigenvalue weighted by Gasteiger charge is -2.36. The zero-order valence-corrected chi connectivity index (χ0v) is 28.3. The molecule has 6 aromatic carbocycles. The van der Waals surface area contributed by atoms with E-state index in [4.69, 9.17) is 19.7 Å². The van der Waals surface area contributed by atoms with Crippen LogP contribution in [0.25, 0.3) is 34.2 Å². The van der Waals surface area contributed by atoms with Gasteiger partial charge in [0.1, 0.15) is 19.6 Å². The smallest absolute Gasteiger partial charge is 0.164 e. The van der Waals surface area contributed by atoms with Crippen LogP contribution in [0.1, 0.15) is 0 Å². The maximum Gasteiger partial charge on any atom is 0.164 e. The highest BCUT2D eigenvalue weighted by atomic mass is 32.2. The van der Waals surface area contributed by atoms with Crippen LogP contribution in [0.4, 0.5) is 17.1 Å². The van der Waals surface area contributed by atoms with Gasteiger partial charge in [-0.3, -0.25) is 0 Å². The van der Waals surface area contributed by atoms with Crippen LogP contribution in [0.3, 0.4) is 0 Å². The predicted molar refractivity (Wildman–Crippen MR) is 198 cm³/mol. The molecule has 0 N–H and O–H groups in total. The number of para-hydroxylation sites is 2. The Kier molecular flexibility index (Phi) is 6.77. The first-order valence-corrected chi connectivity index (χ1v) is 19.8. The van der Waals surface area contributed by atoms with Crippen molar-refractivity contribution in [3.63, 3.8) is 0 Å². The van der Waals surface area contributed by atoms with Gasteiger partial charge >= 0.3 is 0 Å². The van der Waals surface area contributed by atoms with Gasteiger partial charge in [-0.1, -0.05) is 110 Å². The second kappa shape index (κ2) is 11.3. The Bertz CT molecular complexity index is 2240. The highest BCUT2D eigenvalue weighted by molar-refractivity contribution is 7.99. The predicted octanol–water partition coefficient (Wildman–Crippen LogP) is 9.74. The Balaban J connectivity index is 1.15. The Labute approximate surface area is 285 Å². The molecule has 2 aliphatic heterocycles. The van der Waals surface area contributed by atoms with E-state index in [0.717, 1.165) is 33.9 Å². The summed E-state index contributed by atoms with van der Waals surface area (Å²) in [4.78, 5) is 19.8. The van der Waals surface area contributed by atoms with E-state index in [2.05, 4.69) is 103 Å². The number of anilines is 3. The molecule has 0 spiro atoms. The van der Waals surface area contributed by atoms with Crippen LogP contribution in [0.2, 0.25) is 13.1 Å². The van der Waals surface area contributed by atoms with Crippen molar-refractivity contribution in [1.82, 2.24) is 15.0 Å². The number of benzene rings is 6. The van der Waals surface area contributed by atoms with Gasteiger partial charge in [0.2, 0.25) is 0 Å². The molecule has 3 heterocycles. The molecular formula is C41H30N4OSSi. The highest BCUT2D eigenvalue weighted by Crippen LogP contribution is 2.51. The fourth-order valence-electron chi connectivity index (χ4n) is 6.67. The van der Waals surface area contributed by atoms with E-state index in [1.165, 1.54) is 31.5 Å². The summed E-state index contributed by atoms with van der Waals surface area (Å²) < 4.78 is 6.63. The van der Waals surface area contributed by atoms with E-state index in [0.29, 0.717) is 17.5 Å². The van der Waals surface area contributed by atoms with E-state index in [-0.39, 0.29) is 0 Å². The van der Waals surface area contributed by atoms with E-state index in [1.807, 2.05) is 72.4 Å². The molecule has 0 aliphatic carbocycles. The van der Waals surface area contributed by atoms with Crippen molar-refractivity contribution in [3.05, 3.63) is 146 Å².